The molecule has 3 rings (SSSR count). The van der Waals surface area contributed by atoms with Gasteiger partial charge in [0, 0.05) is 16.6 Å². The van der Waals surface area contributed by atoms with E-state index in [0.717, 1.165) is 28.6 Å². The maximum absolute atomic E-state index is 11.8. The van der Waals surface area contributed by atoms with Gasteiger partial charge in [-0.1, -0.05) is 46.3 Å². The van der Waals surface area contributed by atoms with Crippen molar-refractivity contribution >= 4 is 27.7 Å². The first kappa shape index (κ1) is 17.3. The zero-order valence-corrected chi connectivity index (χ0v) is 15.1. The zero-order chi connectivity index (χ0) is 17.6. The molecule has 1 aliphatic carbocycles. The molecule has 128 valence electrons. The van der Waals surface area contributed by atoms with E-state index in [-0.39, 0.29) is 18.7 Å². The highest BCUT2D eigenvalue weighted by atomic mass is 79.9. The summed E-state index contributed by atoms with van der Waals surface area (Å²) in [5.41, 5.74) is 2.39. The van der Waals surface area contributed by atoms with Crippen molar-refractivity contribution in [2.24, 2.45) is 0 Å². The Kier molecular flexibility index (Phi) is 5.56. The molecule has 0 heterocycles. The number of carbonyl (C=O) groups excluding carboxylic acids is 1. The third-order valence-electron chi connectivity index (χ3n) is 4.13. The van der Waals surface area contributed by atoms with Crippen molar-refractivity contribution in [1.82, 2.24) is 5.32 Å². The largest absolute Gasteiger partial charge is 0.445 e. The van der Waals surface area contributed by atoms with Gasteiger partial charge in [0.1, 0.15) is 12.7 Å². The summed E-state index contributed by atoms with van der Waals surface area (Å²) >= 11 is 3.36. The highest BCUT2D eigenvalue weighted by Crippen LogP contribution is 2.27. The smallest absolute Gasteiger partial charge is 0.407 e. The third kappa shape index (κ3) is 4.74. The molecule has 0 unspecified atom stereocenters. The molecule has 0 bridgehead atoms. The summed E-state index contributed by atoms with van der Waals surface area (Å²) < 4.78 is 6.10. The fraction of sp³-hybridized carbons (Fsp3) is 0.263. The average molecular weight is 400 g/mol. The molecule has 1 aliphatic rings. The van der Waals surface area contributed by atoms with E-state index in [0.29, 0.717) is 5.56 Å². The molecule has 5 nitrogen and oxygen atoms in total. The lowest BCUT2D eigenvalue weighted by atomic mass is 9.86. The van der Waals surface area contributed by atoms with Gasteiger partial charge in [-0.15, -0.1) is 0 Å². The summed E-state index contributed by atoms with van der Waals surface area (Å²) in [7, 11) is 0. The molecule has 6 heteroatoms. The number of hydrogen-bond acceptors (Lipinski definition) is 4. The van der Waals surface area contributed by atoms with E-state index >= 15 is 0 Å². The van der Waals surface area contributed by atoms with E-state index in [4.69, 9.17) is 4.74 Å². The molecule has 0 spiro atoms. The van der Waals surface area contributed by atoms with E-state index in [1.165, 1.54) is 0 Å². The van der Waals surface area contributed by atoms with Crippen molar-refractivity contribution in [3.8, 4) is 6.07 Å². The number of benzene rings is 2. The molecule has 0 atom stereocenters. The van der Waals surface area contributed by atoms with Gasteiger partial charge in [0.2, 0.25) is 0 Å². The Morgan fingerprint density at radius 2 is 1.96 bits per heavy atom. The van der Waals surface area contributed by atoms with Gasteiger partial charge < -0.3 is 15.4 Å². The Morgan fingerprint density at radius 3 is 2.68 bits per heavy atom. The summed E-state index contributed by atoms with van der Waals surface area (Å²) in [6.07, 6.45) is 1.22. The average Bonchev–Trinajstić information content (AvgIpc) is 2.60. The molecule has 0 saturated heterocycles. The molecular formula is C19H18BrN3O2. The van der Waals surface area contributed by atoms with Gasteiger partial charge in [-0.25, -0.2) is 4.79 Å². The van der Waals surface area contributed by atoms with Crippen molar-refractivity contribution in [2.75, 3.05) is 5.32 Å². The SMILES string of the molecule is N#Cc1cc(Br)ccc1NC1CC(NC(=O)OCc2ccccc2)C1. The second-order valence-corrected chi connectivity index (χ2v) is 6.93. The van der Waals surface area contributed by atoms with Crippen molar-refractivity contribution in [2.45, 2.75) is 31.5 Å². The highest BCUT2D eigenvalue weighted by molar-refractivity contribution is 9.10. The van der Waals surface area contributed by atoms with Crippen molar-refractivity contribution in [3.05, 3.63) is 64.1 Å². The standard InChI is InChI=1S/C19H18BrN3O2/c20-15-6-7-18(14(8-15)11-21)22-16-9-17(10-16)23-19(24)25-12-13-4-2-1-3-5-13/h1-8,16-17,22H,9-10,12H2,(H,23,24). The fourth-order valence-corrected chi connectivity index (χ4v) is 3.10. The lowest BCUT2D eigenvalue weighted by Gasteiger charge is -2.36. The first-order chi connectivity index (χ1) is 12.1. The first-order valence-electron chi connectivity index (χ1n) is 8.07. The minimum Gasteiger partial charge on any atom is -0.445 e. The number of nitrogens with zero attached hydrogens (tertiary/aromatic N) is 1. The van der Waals surface area contributed by atoms with Crippen LogP contribution in [0, 0.1) is 11.3 Å². The lowest BCUT2D eigenvalue weighted by Crippen LogP contribution is -2.49. The summed E-state index contributed by atoms with van der Waals surface area (Å²) in [6.45, 7) is 0.269. The maximum atomic E-state index is 11.8. The zero-order valence-electron chi connectivity index (χ0n) is 13.5. The number of halogens is 1. The second kappa shape index (κ2) is 8.04. The molecule has 1 saturated carbocycles. The number of hydrogen-bond donors (Lipinski definition) is 2. The van der Waals surface area contributed by atoms with Crippen LogP contribution in [0.3, 0.4) is 0 Å². The predicted molar refractivity (Wildman–Crippen MR) is 99.1 cm³/mol. The molecule has 1 fully saturated rings. The number of anilines is 1. The fourth-order valence-electron chi connectivity index (χ4n) is 2.74. The summed E-state index contributed by atoms with van der Waals surface area (Å²) in [5.74, 6) is 0. The predicted octanol–water partition coefficient (Wildman–Crippen LogP) is 4.19. The van der Waals surface area contributed by atoms with Crippen LogP contribution in [-0.4, -0.2) is 18.2 Å². The monoisotopic (exact) mass is 399 g/mol. The molecule has 25 heavy (non-hydrogen) atoms. The highest BCUT2D eigenvalue weighted by Gasteiger charge is 2.31. The van der Waals surface area contributed by atoms with Crippen LogP contribution in [0.4, 0.5) is 10.5 Å². The molecule has 0 aromatic heterocycles. The molecule has 0 radical (unpaired) electrons. The van der Waals surface area contributed by atoms with E-state index in [1.54, 1.807) is 6.07 Å². The molecule has 2 N–H and O–H groups in total. The van der Waals surface area contributed by atoms with E-state index in [2.05, 4.69) is 32.6 Å². The Balaban J connectivity index is 1.41. The Hall–Kier alpha value is -2.52. The molecule has 0 aliphatic heterocycles. The van der Waals surface area contributed by atoms with Gasteiger partial charge in [0.15, 0.2) is 0 Å². The molecule has 2 aromatic rings. The van der Waals surface area contributed by atoms with Gasteiger partial charge in [0.05, 0.1) is 11.3 Å². The van der Waals surface area contributed by atoms with Gasteiger partial charge in [-0.2, -0.15) is 5.26 Å². The number of alkyl carbamates (subject to hydrolysis) is 1. The number of ether oxygens (including phenoxy) is 1. The Labute approximate surface area is 155 Å². The second-order valence-electron chi connectivity index (χ2n) is 6.02. The van der Waals surface area contributed by atoms with E-state index in [9.17, 15) is 10.1 Å². The number of amides is 1. The topological polar surface area (TPSA) is 74.2 Å². The minimum absolute atomic E-state index is 0.0988. The molecular weight excluding hydrogens is 382 g/mol. The maximum Gasteiger partial charge on any atom is 0.407 e. The van der Waals surface area contributed by atoms with Crippen LogP contribution in [0.15, 0.2) is 53.0 Å². The Bertz CT molecular complexity index is 783. The van der Waals surface area contributed by atoms with E-state index in [1.807, 2.05) is 42.5 Å². The summed E-state index contributed by atoms with van der Waals surface area (Å²) in [6, 6.07) is 17.7. The number of nitriles is 1. The summed E-state index contributed by atoms with van der Waals surface area (Å²) in [5, 5.41) is 15.4. The van der Waals surface area contributed by atoms with Gasteiger partial charge in [-0.05, 0) is 36.6 Å². The van der Waals surface area contributed by atoms with Gasteiger partial charge in [-0.3, -0.25) is 0 Å². The van der Waals surface area contributed by atoms with Gasteiger partial charge in [0.25, 0.3) is 0 Å². The Morgan fingerprint density at radius 1 is 1.20 bits per heavy atom. The minimum atomic E-state index is -0.395. The van der Waals surface area contributed by atoms with Crippen LogP contribution in [0.1, 0.15) is 24.0 Å². The van der Waals surface area contributed by atoms with Crippen LogP contribution < -0.4 is 10.6 Å². The van der Waals surface area contributed by atoms with Crippen LogP contribution in [0.25, 0.3) is 0 Å². The number of rotatable bonds is 5. The number of carbonyl (C=O) groups is 1. The molecule has 2 aromatic carbocycles. The van der Waals surface area contributed by atoms with E-state index < -0.39 is 6.09 Å². The molecule has 1 amide bonds. The van der Waals surface area contributed by atoms with Gasteiger partial charge >= 0.3 is 6.09 Å². The quantitative estimate of drug-likeness (QED) is 0.790. The first-order valence-corrected chi connectivity index (χ1v) is 8.87. The van der Waals surface area contributed by atoms with Crippen LogP contribution in [0.5, 0.6) is 0 Å². The lowest BCUT2D eigenvalue weighted by molar-refractivity contribution is 0.129. The third-order valence-corrected chi connectivity index (χ3v) is 4.63. The summed E-state index contributed by atoms with van der Waals surface area (Å²) in [4.78, 5) is 11.8. The normalized spacial score (nSPS) is 18.6. The van der Waals surface area contributed by atoms with Crippen molar-refractivity contribution in [3.63, 3.8) is 0 Å². The van der Waals surface area contributed by atoms with Crippen molar-refractivity contribution < 1.29 is 9.53 Å². The van der Waals surface area contributed by atoms with Crippen LogP contribution >= 0.6 is 15.9 Å². The van der Waals surface area contributed by atoms with Crippen molar-refractivity contribution in [1.29, 1.82) is 5.26 Å². The van der Waals surface area contributed by atoms with Crippen LogP contribution in [0.2, 0.25) is 0 Å². The number of nitrogens with one attached hydrogen (secondary N) is 2. The van der Waals surface area contributed by atoms with Crippen LogP contribution in [-0.2, 0) is 11.3 Å².